The number of rotatable bonds is 6. The summed E-state index contributed by atoms with van der Waals surface area (Å²) in [5.74, 6) is 2.88. The van der Waals surface area contributed by atoms with Gasteiger partial charge in [0, 0.05) is 30.5 Å². The Hall–Kier alpha value is -1.59. The number of nitrogens with zero attached hydrogens (tertiary/aromatic N) is 1. The Labute approximate surface area is 180 Å². The Morgan fingerprint density at radius 3 is 2.13 bits per heavy atom. The van der Waals surface area contributed by atoms with Crippen molar-refractivity contribution in [2.24, 2.45) is 23.2 Å². The van der Waals surface area contributed by atoms with Gasteiger partial charge in [-0.1, -0.05) is 0 Å². The zero-order valence-corrected chi connectivity index (χ0v) is 18.5. The van der Waals surface area contributed by atoms with Crippen LogP contribution in [-0.2, 0) is 9.53 Å². The molecule has 1 aliphatic heterocycles. The van der Waals surface area contributed by atoms with Crippen molar-refractivity contribution in [3.63, 3.8) is 0 Å². The molecule has 4 bridgehead atoms. The number of carbonyl (C=O) groups excluding carboxylic acids is 1. The van der Waals surface area contributed by atoms with E-state index in [1.165, 1.54) is 44.2 Å². The molecule has 1 heterocycles. The number of carbonyl (C=O) groups is 1. The molecule has 5 heteroatoms. The quantitative estimate of drug-likeness (QED) is 0.742. The van der Waals surface area contributed by atoms with Crippen molar-refractivity contribution in [2.45, 2.75) is 64.5 Å². The molecule has 1 aromatic carbocycles. The van der Waals surface area contributed by atoms with Crippen LogP contribution in [-0.4, -0.2) is 44.3 Å². The minimum absolute atomic E-state index is 0.0608. The maximum absolute atomic E-state index is 12.9. The van der Waals surface area contributed by atoms with Crippen molar-refractivity contribution in [3.05, 3.63) is 24.3 Å². The van der Waals surface area contributed by atoms with Crippen LogP contribution in [0.25, 0.3) is 0 Å². The lowest BCUT2D eigenvalue weighted by atomic mass is 9.48. The molecule has 164 valence electrons. The van der Waals surface area contributed by atoms with Crippen LogP contribution >= 0.6 is 0 Å². The molecule has 0 spiro atoms. The fourth-order valence-electron chi connectivity index (χ4n) is 7.16. The van der Waals surface area contributed by atoms with Crippen LogP contribution in [0.3, 0.4) is 0 Å². The van der Waals surface area contributed by atoms with Crippen molar-refractivity contribution < 1.29 is 9.53 Å². The molecule has 6 rings (SSSR count). The van der Waals surface area contributed by atoms with Gasteiger partial charge < -0.3 is 20.3 Å². The Kier molecular flexibility index (Phi) is 5.53. The average molecular weight is 412 g/mol. The summed E-state index contributed by atoms with van der Waals surface area (Å²) >= 11 is 0. The molecule has 2 atom stereocenters. The lowest BCUT2D eigenvalue weighted by molar-refractivity contribution is -0.119. The van der Waals surface area contributed by atoms with Crippen molar-refractivity contribution in [3.8, 4) is 0 Å². The number of ether oxygens (including phenoxy) is 1. The van der Waals surface area contributed by atoms with Gasteiger partial charge in [-0.25, -0.2) is 0 Å². The second-order valence-corrected chi connectivity index (χ2v) is 10.5. The molecular formula is C25H37N3O2. The molecule has 0 aromatic heterocycles. The number of morpholine rings is 1. The van der Waals surface area contributed by atoms with Crippen LogP contribution in [0.15, 0.2) is 24.3 Å². The first-order chi connectivity index (χ1) is 14.5. The van der Waals surface area contributed by atoms with E-state index >= 15 is 0 Å². The van der Waals surface area contributed by atoms with Gasteiger partial charge in [0.05, 0.1) is 19.3 Å². The summed E-state index contributed by atoms with van der Waals surface area (Å²) in [5.41, 5.74) is 2.48. The van der Waals surface area contributed by atoms with Crippen LogP contribution in [0.1, 0.15) is 52.4 Å². The van der Waals surface area contributed by atoms with Crippen LogP contribution < -0.4 is 15.5 Å². The normalized spacial score (nSPS) is 34.6. The van der Waals surface area contributed by atoms with E-state index in [2.05, 4.69) is 34.6 Å². The lowest BCUT2D eigenvalue weighted by Crippen LogP contribution is -2.57. The molecule has 0 unspecified atom stereocenters. The Morgan fingerprint density at radius 2 is 1.57 bits per heavy atom. The molecule has 5 fully saturated rings. The molecular weight excluding hydrogens is 374 g/mol. The van der Waals surface area contributed by atoms with Crippen LogP contribution in [0.2, 0.25) is 0 Å². The zero-order chi connectivity index (χ0) is 20.7. The fourth-order valence-corrected chi connectivity index (χ4v) is 7.16. The van der Waals surface area contributed by atoms with Crippen LogP contribution in [0.4, 0.5) is 11.4 Å². The van der Waals surface area contributed by atoms with E-state index in [4.69, 9.17) is 4.74 Å². The molecule has 5 nitrogen and oxygen atoms in total. The summed E-state index contributed by atoms with van der Waals surface area (Å²) in [7, 11) is 0. The highest BCUT2D eigenvalue weighted by Gasteiger charge is 2.53. The monoisotopic (exact) mass is 411 g/mol. The summed E-state index contributed by atoms with van der Waals surface area (Å²) in [5, 5.41) is 6.79. The molecule has 4 saturated carbocycles. The summed E-state index contributed by atoms with van der Waals surface area (Å²) < 4.78 is 5.43. The third-order valence-corrected chi connectivity index (χ3v) is 8.41. The third-order valence-electron chi connectivity index (χ3n) is 8.41. The predicted octanol–water partition coefficient (Wildman–Crippen LogP) is 4.04. The van der Waals surface area contributed by atoms with E-state index in [0.29, 0.717) is 11.5 Å². The Morgan fingerprint density at radius 1 is 1.00 bits per heavy atom. The van der Waals surface area contributed by atoms with Gasteiger partial charge in [0.1, 0.15) is 0 Å². The van der Waals surface area contributed by atoms with Crippen molar-refractivity contribution >= 4 is 17.3 Å². The maximum atomic E-state index is 12.9. The van der Waals surface area contributed by atoms with E-state index in [9.17, 15) is 4.79 Å². The van der Waals surface area contributed by atoms with Gasteiger partial charge in [0.15, 0.2) is 0 Å². The fraction of sp³-hybridized carbons (Fsp3) is 0.720. The van der Waals surface area contributed by atoms with Crippen LogP contribution in [0.5, 0.6) is 0 Å². The maximum Gasteiger partial charge on any atom is 0.241 e. The molecule has 1 aromatic rings. The standard InChI is InChI=1S/C25H37N3O2/c1-17(26-18(2)25-14-19-11-20(15-25)13-21(12-19)16-25)24(29)27-22-3-5-23(6-4-22)28-7-9-30-10-8-28/h3-6,17-21,26H,7-16H2,1-2H3,(H,27,29)/t17-,18+,19?,20?,21?,25?/m0/s1. The summed E-state index contributed by atoms with van der Waals surface area (Å²) in [6.07, 6.45) is 8.48. The molecule has 1 saturated heterocycles. The minimum Gasteiger partial charge on any atom is -0.378 e. The van der Waals surface area contributed by atoms with Gasteiger partial charge >= 0.3 is 0 Å². The first-order valence-electron chi connectivity index (χ1n) is 12.0. The van der Waals surface area contributed by atoms with Gasteiger partial charge in [-0.3, -0.25) is 4.79 Å². The second-order valence-electron chi connectivity index (χ2n) is 10.5. The summed E-state index contributed by atoms with van der Waals surface area (Å²) in [4.78, 5) is 15.2. The minimum atomic E-state index is -0.188. The van der Waals surface area contributed by atoms with Crippen molar-refractivity contribution in [1.29, 1.82) is 0 Å². The molecule has 0 radical (unpaired) electrons. The average Bonchev–Trinajstić information content (AvgIpc) is 2.74. The number of anilines is 2. The van der Waals surface area contributed by atoms with Crippen LogP contribution in [0, 0.1) is 23.2 Å². The summed E-state index contributed by atoms with van der Waals surface area (Å²) in [6.45, 7) is 7.75. The number of nitrogens with one attached hydrogen (secondary N) is 2. The SMILES string of the molecule is C[C@H](N[C@H](C)C12CC3CC(CC(C3)C1)C2)C(=O)Nc1ccc(N2CCOCC2)cc1. The van der Waals surface area contributed by atoms with Gasteiger partial charge in [-0.2, -0.15) is 0 Å². The van der Waals surface area contributed by atoms with E-state index < -0.39 is 0 Å². The van der Waals surface area contributed by atoms with E-state index in [-0.39, 0.29) is 11.9 Å². The van der Waals surface area contributed by atoms with Gasteiger partial charge in [-0.15, -0.1) is 0 Å². The van der Waals surface area contributed by atoms with Gasteiger partial charge in [-0.05, 0) is 99.8 Å². The molecule has 2 N–H and O–H groups in total. The third kappa shape index (κ3) is 3.99. The topological polar surface area (TPSA) is 53.6 Å². The largest absolute Gasteiger partial charge is 0.378 e. The smallest absolute Gasteiger partial charge is 0.241 e. The van der Waals surface area contributed by atoms with Gasteiger partial charge in [0.25, 0.3) is 0 Å². The van der Waals surface area contributed by atoms with Crippen molar-refractivity contribution in [2.75, 3.05) is 36.5 Å². The first kappa shape index (κ1) is 20.3. The number of hydrogen-bond acceptors (Lipinski definition) is 4. The zero-order valence-electron chi connectivity index (χ0n) is 18.5. The molecule has 4 aliphatic carbocycles. The van der Waals surface area contributed by atoms with E-state index in [1.54, 1.807) is 0 Å². The first-order valence-corrected chi connectivity index (χ1v) is 12.0. The highest BCUT2D eigenvalue weighted by atomic mass is 16.5. The summed E-state index contributed by atoms with van der Waals surface area (Å²) in [6, 6.07) is 8.42. The van der Waals surface area contributed by atoms with E-state index in [1.807, 2.05) is 19.1 Å². The molecule has 5 aliphatic rings. The number of benzene rings is 1. The molecule has 1 amide bonds. The van der Waals surface area contributed by atoms with Crippen molar-refractivity contribution in [1.82, 2.24) is 5.32 Å². The Balaban J connectivity index is 1.16. The predicted molar refractivity (Wildman–Crippen MR) is 121 cm³/mol. The lowest BCUT2D eigenvalue weighted by Gasteiger charge is -2.59. The molecule has 30 heavy (non-hydrogen) atoms. The Bertz CT molecular complexity index is 721. The highest BCUT2D eigenvalue weighted by Crippen LogP contribution is 2.61. The highest BCUT2D eigenvalue weighted by molar-refractivity contribution is 5.94. The van der Waals surface area contributed by atoms with Gasteiger partial charge in [0.2, 0.25) is 5.91 Å². The number of hydrogen-bond donors (Lipinski definition) is 2. The number of amides is 1. The van der Waals surface area contributed by atoms with E-state index in [0.717, 1.165) is 49.7 Å². The second kappa shape index (κ2) is 8.16.